The van der Waals surface area contributed by atoms with Crippen LogP contribution in [0.15, 0.2) is 0 Å². The fourth-order valence-corrected chi connectivity index (χ4v) is 4.89. The topological polar surface area (TPSA) is 52.7 Å². The van der Waals surface area contributed by atoms with E-state index in [1.807, 2.05) is 6.92 Å². The van der Waals surface area contributed by atoms with Gasteiger partial charge in [-0.1, -0.05) is 6.92 Å². The van der Waals surface area contributed by atoms with Crippen molar-refractivity contribution in [3.63, 3.8) is 0 Å². The predicted octanol–water partition coefficient (Wildman–Crippen LogP) is 0.791. The van der Waals surface area contributed by atoms with Gasteiger partial charge in [-0.15, -0.1) is 0 Å². The molecule has 1 N–H and O–H groups in total. The Morgan fingerprint density at radius 2 is 1.83 bits per heavy atom. The molecule has 106 valence electrons. The summed E-state index contributed by atoms with van der Waals surface area (Å²) >= 11 is 0. The van der Waals surface area contributed by atoms with E-state index in [4.69, 9.17) is 0 Å². The first kappa shape index (κ1) is 14.2. The van der Waals surface area contributed by atoms with Gasteiger partial charge in [0.2, 0.25) is 0 Å². The van der Waals surface area contributed by atoms with Crippen molar-refractivity contribution in [1.29, 1.82) is 0 Å². The second kappa shape index (κ2) is 6.32. The SMILES string of the molecule is CCCN(C1CCNCC1)S(=O)(=O)N1CCCC1. The molecule has 0 radical (unpaired) electrons. The van der Waals surface area contributed by atoms with Crippen LogP contribution in [0.4, 0.5) is 0 Å². The van der Waals surface area contributed by atoms with Crippen LogP contribution in [0.2, 0.25) is 0 Å². The van der Waals surface area contributed by atoms with Crippen LogP contribution in [0.5, 0.6) is 0 Å². The van der Waals surface area contributed by atoms with E-state index in [2.05, 4.69) is 5.32 Å². The van der Waals surface area contributed by atoms with Gasteiger partial charge in [0.25, 0.3) is 10.2 Å². The molecule has 0 atom stereocenters. The minimum Gasteiger partial charge on any atom is -0.317 e. The third-order valence-electron chi connectivity index (χ3n) is 3.85. The van der Waals surface area contributed by atoms with Crippen LogP contribution >= 0.6 is 0 Å². The van der Waals surface area contributed by atoms with E-state index in [1.54, 1.807) is 8.61 Å². The van der Waals surface area contributed by atoms with Crippen molar-refractivity contribution in [2.24, 2.45) is 0 Å². The first-order valence-corrected chi connectivity index (χ1v) is 8.53. The average molecular weight is 275 g/mol. The maximum Gasteiger partial charge on any atom is 0.282 e. The molecule has 0 aromatic heterocycles. The molecule has 2 aliphatic heterocycles. The van der Waals surface area contributed by atoms with Crippen LogP contribution in [-0.2, 0) is 10.2 Å². The Labute approximate surface area is 111 Å². The standard InChI is InChI=1S/C12H25N3O2S/c1-2-9-15(12-5-7-13-8-6-12)18(16,17)14-10-3-4-11-14/h12-13H,2-11H2,1H3. The molecule has 0 aromatic carbocycles. The molecule has 0 aromatic rings. The molecule has 0 bridgehead atoms. The van der Waals surface area contributed by atoms with Gasteiger partial charge in [0.1, 0.15) is 0 Å². The van der Waals surface area contributed by atoms with Crippen LogP contribution in [0, 0.1) is 0 Å². The van der Waals surface area contributed by atoms with E-state index < -0.39 is 10.2 Å². The molecule has 0 spiro atoms. The number of nitrogens with one attached hydrogen (secondary N) is 1. The van der Waals surface area contributed by atoms with Crippen LogP contribution < -0.4 is 5.32 Å². The average Bonchev–Trinajstić information content (AvgIpc) is 2.91. The third-order valence-corrected chi connectivity index (χ3v) is 5.94. The smallest absolute Gasteiger partial charge is 0.282 e. The van der Waals surface area contributed by atoms with Gasteiger partial charge in [0, 0.05) is 25.7 Å². The first-order valence-electron chi connectivity index (χ1n) is 7.14. The maximum absolute atomic E-state index is 12.7. The zero-order valence-electron chi connectivity index (χ0n) is 11.3. The zero-order chi connectivity index (χ0) is 13.0. The molecule has 0 saturated carbocycles. The molecule has 2 aliphatic rings. The monoisotopic (exact) mass is 275 g/mol. The Hall–Kier alpha value is -0.170. The Bertz CT molecular complexity index is 346. The number of piperidine rings is 1. The highest BCUT2D eigenvalue weighted by Crippen LogP contribution is 2.22. The Morgan fingerprint density at radius 3 is 2.39 bits per heavy atom. The second-order valence-corrected chi connectivity index (χ2v) is 7.09. The summed E-state index contributed by atoms with van der Waals surface area (Å²) in [5.41, 5.74) is 0. The summed E-state index contributed by atoms with van der Waals surface area (Å²) in [6.07, 6.45) is 4.77. The molecule has 2 saturated heterocycles. The van der Waals surface area contributed by atoms with E-state index >= 15 is 0 Å². The van der Waals surface area contributed by atoms with Crippen molar-refractivity contribution in [2.75, 3.05) is 32.7 Å². The Morgan fingerprint density at radius 1 is 1.22 bits per heavy atom. The molecule has 2 heterocycles. The highest BCUT2D eigenvalue weighted by Gasteiger charge is 2.35. The van der Waals surface area contributed by atoms with Crippen LogP contribution in [0.1, 0.15) is 39.0 Å². The lowest BCUT2D eigenvalue weighted by Crippen LogP contribution is -2.51. The summed E-state index contributed by atoms with van der Waals surface area (Å²) in [6, 6.07) is 0.191. The summed E-state index contributed by atoms with van der Waals surface area (Å²) in [7, 11) is -3.22. The van der Waals surface area contributed by atoms with Gasteiger partial charge >= 0.3 is 0 Å². The summed E-state index contributed by atoms with van der Waals surface area (Å²) < 4.78 is 28.7. The van der Waals surface area contributed by atoms with Crippen molar-refractivity contribution in [3.05, 3.63) is 0 Å². The predicted molar refractivity (Wildman–Crippen MR) is 72.6 cm³/mol. The molecular weight excluding hydrogens is 250 g/mol. The minimum absolute atomic E-state index is 0.191. The highest BCUT2D eigenvalue weighted by atomic mass is 32.2. The third kappa shape index (κ3) is 3.04. The van der Waals surface area contributed by atoms with Crippen LogP contribution in [0.3, 0.4) is 0 Å². The summed E-state index contributed by atoms with van der Waals surface area (Å²) in [4.78, 5) is 0. The Balaban J connectivity index is 2.11. The molecule has 2 fully saturated rings. The van der Waals surface area contributed by atoms with Crippen molar-refractivity contribution in [1.82, 2.24) is 13.9 Å². The molecule has 6 heteroatoms. The normalized spacial score (nSPS) is 23.9. The molecule has 18 heavy (non-hydrogen) atoms. The van der Waals surface area contributed by atoms with E-state index in [0.717, 1.165) is 45.2 Å². The minimum atomic E-state index is -3.22. The van der Waals surface area contributed by atoms with Crippen molar-refractivity contribution >= 4 is 10.2 Å². The van der Waals surface area contributed by atoms with Gasteiger partial charge in [0.15, 0.2) is 0 Å². The molecule has 5 nitrogen and oxygen atoms in total. The maximum atomic E-state index is 12.7. The van der Waals surface area contributed by atoms with Gasteiger partial charge in [-0.3, -0.25) is 0 Å². The number of nitrogens with zero attached hydrogens (tertiary/aromatic N) is 2. The van der Waals surface area contributed by atoms with Gasteiger partial charge in [-0.05, 0) is 45.2 Å². The number of hydrogen-bond donors (Lipinski definition) is 1. The molecule has 2 rings (SSSR count). The summed E-state index contributed by atoms with van der Waals surface area (Å²) in [6.45, 7) is 5.97. The zero-order valence-corrected chi connectivity index (χ0v) is 12.1. The van der Waals surface area contributed by atoms with E-state index in [1.165, 1.54) is 0 Å². The van der Waals surface area contributed by atoms with Gasteiger partial charge in [-0.25, -0.2) is 0 Å². The fourth-order valence-electron chi connectivity index (χ4n) is 2.87. The van der Waals surface area contributed by atoms with Gasteiger partial charge < -0.3 is 5.32 Å². The summed E-state index contributed by atoms with van der Waals surface area (Å²) in [5.74, 6) is 0. The van der Waals surface area contributed by atoms with Gasteiger partial charge in [-0.2, -0.15) is 17.0 Å². The van der Waals surface area contributed by atoms with E-state index in [9.17, 15) is 8.42 Å². The summed E-state index contributed by atoms with van der Waals surface area (Å²) in [5, 5.41) is 3.30. The first-order chi connectivity index (χ1) is 8.66. The van der Waals surface area contributed by atoms with Gasteiger partial charge in [0.05, 0.1) is 0 Å². The molecule has 0 amide bonds. The van der Waals surface area contributed by atoms with Crippen molar-refractivity contribution in [2.45, 2.75) is 45.1 Å². The van der Waals surface area contributed by atoms with Crippen LogP contribution in [-0.4, -0.2) is 55.8 Å². The molecular formula is C12H25N3O2S. The van der Waals surface area contributed by atoms with E-state index in [-0.39, 0.29) is 6.04 Å². The lowest BCUT2D eigenvalue weighted by Gasteiger charge is -2.35. The molecule has 0 aliphatic carbocycles. The Kier molecular flexibility index (Phi) is 5.00. The van der Waals surface area contributed by atoms with Crippen molar-refractivity contribution < 1.29 is 8.42 Å². The number of rotatable bonds is 5. The highest BCUT2D eigenvalue weighted by molar-refractivity contribution is 7.86. The van der Waals surface area contributed by atoms with Crippen molar-refractivity contribution in [3.8, 4) is 0 Å². The largest absolute Gasteiger partial charge is 0.317 e. The van der Waals surface area contributed by atoms with Crippen LogP contribution in [0.25, 0.3) is 0 Å². The number of hydrogen-bond acceptors (Lipinski definition) is 3. The lowest BCUT2D eigenvalue weighted by molar-refractivity contribution is 0.246. The fraction of sp³-hybridized carbons (Fsp3) is 1.00. The molecule has 0 unspecified atom stereocenters. The quantitative estimate of drug-likeness (QED) is 0.807. The second-order valence-electron chi connectivity index (χ2n) is 5.21. The lowest BCUT2D eigenvalue weighted by atomic mass is 10.1. The van der Waals surface area contributed by atoms with E-state index in [0.29, 0.717) is 19.6 Å².